The van der Waals surface area contributed by atoms with E-state index in [1.807, 2.05) is 13.8 Å². The number of amides is 2. The minimum atomic E-state index is -0.973. The molecule has 2 rings (SSSR count). The normalized spacial score (nSPS) is 21.2. The highest BCUT2D eigenvalue weighted by Gasteiger charge is 2.65. The molecule has 6 nitrogen and oxygen atoms in total. The molecule has 0 bridgehead atoms. The lowest BCUT2D eigenvalue weighted by Gasteiger charge is -2.11. The minimum Gasteiger partial charge on any atom is -0.481 e. The summed E-state index contributed by atoms with van der Waals surface area (Å²) in [4.78, 5) is 35.4. The fourth-order valence-corrected chi connectivity index (χ4v) is 3.19. The van der Waals surface area contributed by atoms with E-state index < -0.39 is 23.2 Å². The molecule has 7 heteroatoms. The average Bonchev–Trinajstić information content (AvgIpc) is 3.01. The maximum Gasteiger partial charge on any atom is 0.307 e. The summed E-state index contributed by atoms with van der Waals surface area (Å²) >= 11 is 6.12. The van der Waals surface area contributed by atoms with E-state index in [1.54, 1.807) is 19.9 Å². The van der Waals surface area contributed by atoms with Crippen LogP contribution in [0.4, 0.5) is 5.69 Å². The van der Waals surface area contributed by atoms with Crippen LogP contribution in [0.25, 0.3) is 0 Å². The zero-order valence-corrected chi connectivity index (χ0v) is 14.8. The van der Waals surface area contributed by atoms with Crippen LogP contribution in [0, 0.1) is 17.3 Å². The van der Waals surface area contributed by atoms with Gasteiger partial charge in [-0.15, -0.1) is 0 Å². The maximum atomic E-state index is 12.3. The lowest BCUT2D eigenvalue weighted by Crippen LogP contribution is -2.30. The molecular weight excluding hydrogens is 332 g/mol. The molecule has 0 aliphatic heterocycles. The molecule has 0 spiro atoms. The fourth-order valence-electron chi connectivity index (χ4n) is 2.92. The number of hydrogen-bond acceptors (Lipinski definition) is 3. The van der Waals surface area contributed by atoms with Crippen molar-refractivity contribution in [3.05, 3.63) is 28.8 Å². The van der Waals surface area contributed by atoms with E-state index in [4.69, 9.17) is 16.7 Å². The van der Waals surface area contributed by atoms with Gasteiger partial charge in [-0.3, -0.25) is 14.4 Å². The summed E-state index contributed by atoms with van der Waals surface area (Å²) in [7, 11) is 0. The first-order chi connectivity index (χ1) is 11.1. The molecule has 0 radical (unpaired) electrons. The Morgan fingerprint density at radius 2 is 1.83 bits per heavy atom. The maximum absolute atomic E-state index is 12.3. The SMILES string of the molecule is CC(C)NC(=O)c1ccc(NC(=O)C2C(C(=O)O)C2(C)C)cc1Cl. The van der Waals surface area contributed by atoms with Gasteiger partial charge in [0.15, 0.2) is 0 Å². The molecule has 2 amide bonds. The van der Waals surface area contributed by atoms with E-state index in [9.17, 15) is 14.4 Å². The predicted octanol–water partition coefficient (Wildman–Crippen LogP) is 2.77. The number of aliphatic carboxylic acids is 1. The van der Waals surface area contributed by atoms with Gasteiger partial charge in [0, 0.05) is 11.7 Å². The number of halogens is 1. The number of benzene rings is 1. The second kappa shape index (κ2) is 6.43. The largest absolute Gasteiger partial charge is 0.481 e. The first kappa shape index (κ1) is 18.3. The molecule has 0 saturated heterocycles. The van der Waals surface area contributed by atoms with Crippen molar-refractivity contribution in [1.29, 1.82) is 0 Å². The zero-order valence-electron chi connectivity index (χ0n) is 14.0. The molecule has 1 aromatic carbocycles. The van der Waals surface area contributed by atoms with E-state index in [1.165, 1.54) is 12.1 Å². The summed E-state index contributed by atoms with van der Waals surface area (Å²) in [5, 5.41) is 14.8. The van der Waals surface area contributed by atoms with Crippen LogP contribution in [-0.2, 0) is 9.59 Å². The molecule has 2 unspecified atom stereocenters. The highest BCUT2D eigenvalue weighted by molar-refractivity contribution is 6.34. The Kier molecular flexibility index (Phi) is 4.90. The summed E-state index contributed by atoms with van der Waals surface area (Å²) in [6.45, 7) is 7.19. The van der Waals surface area contributed by atoms with Crippen LogP contribution < -0.4 is 10.6 Å². The Labute approximate surface area is 145 Å². The van der Waals surface area contributed by atoms with E-state index in [-0.39, 0.29) is 22.9 Å². The molecule has 0 aromatic heterocycles. The Morgan fingerprint density at radius 1 is 1.21 bits per heavy atom. The van der Waals surface area contributed by atoms with Crippen LogP contribution in [0.5, 0.6) is 0 Å². The quantitative estimate of drug-likeness (QED) is 0.759. The summed E-state index contributed by atoms with van der Waals surface area (Å²) in [5.74, 6) is -2.90. The standard InChI is InChI=1S/C17H21ClN2O4/c1-8(2)19-14(21)10-6-5-9(7-11(10)18)20-15(22)12-13(16(23)24)17(12,3)4/h5-8,12-13H,1-4H3,(H,19,21)(H,20,22)(H,23,24). The molecule has 1 aromatic rings. The van der Waals surface area contributed by atoms with Gasteiger partial charge >= 0.3 is 5.97 Å². The second-order valence-corrected chi connectivity index (χ2v) is 7.33. The molecule has 1 fully saturated rings. The van der Waals surface area contributed by atoms with Crippen molar-refractivity contribution >= 4 is 35.1 Å². The number of nitrogens with one attached hydrogen (secondary N) is 2. The van der Waals surface area contributed by atoms with E-state index in [0.29, 0.717) is 11.3 Å². The number of hydrogen-bond donors (Lipinski definition) is 3. The van der Waals surface area contributed by atoms with Crippen molar-refractivity contribution in [2.24, 2.45) is 17.3 Å². The van der Waals surface area contributed by atoms with Crippen LogP contribution in [0.2, 0.25) is 5.02 Å². The second-order valence-electron chi connectivity index (χ2n) is 6.93. The molecule has 1 aliphatic rings. The van der Waals surface area contributed by atoms with Gasteiger partial charge in [-0.1, -0.05) is 25.4 Å². The number of carbonyl (C=O) groups excluding carboxylic acids is 2. The highest BCUT2D eigenvalue weighted by atomic mass is 35.5. The van der Waals surface area contributed by atoms with E-state index in [2.05, 4.69) is 10.6 Å². The summed E-state index contributed by atoms with van der Waals surface area (Å²) in [6.07, 6.45) is 0. The van der Waals surface area contributed by atoms with Crippen LogP contribution in [0.1, 0.15) is 38.1 Å². The summed E-state index contributed by atoms with van der Waals surface area (Å²) in [5.41, 5.74) is 0.174. The van der Waals surface area contributed by atoms with Gasteiger partial charge in [0.25, 0.3) is 5.91 Å². The lowest BCUT2D eigenvalue weighted by atomic mass is 10.1. The van der Waals surface area contributed by atoms with Crippen LogP contribution in [-0.4, -0.2) is 28.9 Å². The zero-order chi connectivity index (χ0) is 18.2. The monoisotopic (exact) mass is 352 g/mol. The molecule has 0 heterocycles. The van der Waals surface area contributed by atoms with Crippen molar-refractivity contribution in [1.82, 2.24) is 5.32 Å². The first-order valence-corrected chi connectivity index (χ1v) is 8.07. The smallest absolute Gasteiger partial charge is 0.307 e. The third-order valence-corrected chi connectivity index (χ3v) is 4.59. The fraction of sp³-hybridized carbons (Fsp3) is 0.471. The van der Waals surface area contributed by atoms with Crippen molar-refractivity contribution in [2.45, 2.75) is 33.7 Å². The Morgan fingerprint density at radius 3 is 2.29 bits per heavy atom. The average molecular weight is 353 g/mol. The number of anilines is 1. The van der Waals surface area contributed by atoms with Gasteiger partial charge in [0.2, 0.25) is 5.91 Å². The van der Waals surface area contributed by atoms with Gasteiger partial charge in [-0.05, 0) is 37.5 Å². The first-order valence-electron chi connectivity index (χ1n) is 7.69. The number of carboxylic acids is 1. The van der Waals surface area contributed by atoms with Crippen molar-refractivity contribution in [2.75, 3.05) is 5.32 Å². The predicted molar refractivity (Wildman–Crippen MR) is 91.1 cm³/mol. The van der Waals surface area contributed by atoms with Gasteiger partial charge in [-0.2, -0.15) is 0 Å². The third-order valence-electron chi connectivity index (χ3n) is 4.28. The summed E-state index contributed by atoms with van der Waals surface area (Å²) in [6, 6.07) is 4.57. The van der Waals surface area contributed by atoms with Crippen LogP contribution in [0.3, 0.4) is 0 Å². The summed E-state index contributed by atoms with van der Waals surface area (Å²) < 4.78 is 0. The molecule has 130 valence electrons. The van der Waals surface area contributed by atoms with E-state index in [0.717, 1.165) is 0 Å². The lowest BCUT2D eigenvalue weighted by molar-refractivity contribution is -0.140. The Bertz CT molecular complexity index is 700. The van der Waals surface area contributed by atoms with Crippen molar-refractivity contribution < 1.29 is 19.5 Å². The van der Waals surface area contributed by atoms with Gasteiger partial charge in [-0.25, -0.2) is 0 Å². The third kappa shape index (κ3) is 3.53. The molecule has 1 aliphatic carbocycles. The van der Waals surface area contributed by atoms with Crippen LogP contribution in [0.15, 0.2) is 18.2 Å². The van der Waals surface area contributed by atoms with Gasteiger partial charge in [0.1, 0.15) is 0 Å². The van der Waals surface area contributed by atoms with Gasteiger partial charge in [0.05, 0.1) is 22.4 Å². The molecule has 3 N–H and O–H groups in total. The number of carboxylic acid groups (broad SMARTS) is 1. The van der Waals surface area contributed by atoms with Gasteiger partial charge < -0.3 is 15.7 Å². The Hall–Kier alpha value is -2.08. The molecule has 1 saturated carbocycles. The molecule has 24 heavy (non-hydrogen) atoms. The highest BCUT2D eigenvalue weighted by Crippen LogP contribution is 2.58. The number of rotatable bonds is 5. The van der Waals surface area contributed by atoms with Crippen molar-refractivity contribution in [3.8, 4) is 0 Å². The van der Waals surface area contributed by atoms with E-state index >= 15 is 0 Å². The molecule has 2 atom stereocenters. The minimum absolute atomic E-state index is 0.0157. The Balaban J connectivity index is 2.09. The van der Waals surface area contributed by atoms with Crippen LogP contribution >= 0.6 is 11.6 Å². The molecular formula is C17H21ClN2O4. The number of carbonyl (C=O) groups is 3. The topological polar surface area (TPSA) is 95.5 Å². The van der Waals surface area contributed by atoms with Crippen molar-refractivity contribution in [3.63, 3.8) is 0 Å².